The van der Waals surface area contributed by atoms with Gasteiger partial charge < -0.3 is 4.42 Å². The van der Waals surface area contributed by atoms with Crippen molar-refractivity contribution in [2.75, 3.05) is 0 Å². The molecule has 1 nitrogen and oxygen atoms in total. The van der Waals surface area contributed by atoms with E-state index in [1.165, 1.54) is 38.6 Å². The molecule has 0 N–H and O–H groups in total. The Morgan fingerprint density at radius 3 is 2.00 bits per heavy atom. The molecule has 2 aromatic carbocycles. The van der Waals surface area contributed by atoms with Gasteiger partial charge in [-0.1, -0.05) is 26.8 Å². The molecule has 1 aromatic heterocycles. The molecule has 0 atom stereocenters. The summed E-state index contributed by atoms with van der Waals surface area (Å²) in [5, 5.41) is 2.50. The number of fused-ring (bicyclic) bond motifs is 3. The Kier molecular flexibility index (Phi) is 2.95. The van der Waals surface area contributed by atoms with E-state index in [-0.39, 0.29) is 5.41 Å². The van der Waals surface area contributed by atoms with Crippen molar-refractivity contribution < 1.29 is 4.42 Å². The first kappa shape index (κ1) is 14.2. The molecule has 3 rings (SSSR count). The van der Waals surface area contributed by atoms with Gasteiger partial charge in [0.1, 0.15) is 11.2 Å². The summed E-state index contributed by atoms with van der Waals surface area (Å²) in [5.41, 5.74) is 8.71. The second kappa shape index (κ2) is 4.37. The molecule has 1 heterocycles. The molecule has 0 bridgehead atoms. The molecule has 0 unspecified atom stereocenters. The van der Waals surface area contributed by atoms with Crippen LogP contribution in [0.2, 0.25) is 0 Å². The van der Waals surface area contributed by atoms with Crippen molar-refractivity contribution in [2.24, 2.45) is 0 Å². The fourth-order valence-corrected chi connectivity index (χ4v) is 3.49. The van der Waals surface area contributed by atoms with Gasteiger partial charge in [0.15, 0.2) is 0 Å². The van der Waals surface area contributed by atoms with E-state index in [0.717, 1.165) is 11.2 Å². The number of hydrogen-bond acceptors (Lipinski definition) is 1. The third-order valence-corrected chi connectivity index (χ3v) is 4.46. The summed E-state index contributed by atoms with van der Waals surface area (Å²) in [5.74, 6) is 0. The summed E-state index contributed by atoms with van der Waals surface area (Å²) >= 11 is 0. The molecule has 0 saturated carbocycles. The van der Waals surface area contributed by atoms with E-state index >= 15 is 0 Å². The Hall–Kier alpha value is -1.76. The predicted molar refractivity (Wildman–Crippen MR) is 91.4 cm³/mol. The number of hydrogen-bond donors (Lipinski definition) is 0. The van der Waals surface area contributed by atoms with Crippen LogP contribution in [0.15, 0.2) is 22.6 Å². The Morgan fingerprint density at radius 2 is 1.38 bits per heavy atom. The Bertz CT molecular complexity index is 857. The number of benzene rings is 2. The number of rotatable bonds is 0. The highest BCUT2D eigenvalue weighted by Gasteiger charge is 2.24. The molecule has 110 valence electrons. The second-order valence-corrected chi connectivity index (χ2v) is 7.38. The molecular formula is C20H24O. The van der Waals surface area contributed by atoms with Crippen molar-refractivity contribution in [3.63, 3.8) is 0 Å². The lowest BCUT2D eigenvalue weighted by Crippen LogP contribution is -2.14. The standard InChI is InChI=1S/C20H24O/c1-11-8-13(3)18-15(9-11)16-10-12(2)14(4)17(19(16)21-18)20(5,6)7/h8-10H,1-7H3. The van der Waals surface area contributed by atoms with Crippen molar-refractivity contribution >= 4 is 21.9 Å². The zero-order valence-electron chi connectivity index (χ0n) is 14.1. The molecule has 0 spiro atoms. The van der Waals surface area contributed by atoms with E-state index in [1.54, 1.807) is 0 Å². The SMILES string of the molecule is Cc1cc(C)c2oc3c(C(C)(C)C)c(C)c(C)cc3c2c1. The fourth-order valence-electron chi connectivity index (χ4n) is 3.49. The molecule has 0 amide bonds. The molecular weight excluding hydrogens is 256 g/mol. The summed E-state index contributed by atoms with van der Waals surface area (Å²) in [4.78, 5) is 0. The minimum atomic E-state index is 0.0746. The van der Waals surface area contributed by atoms with Gasteiger partial charge in [0, 0.05) is 16.3 Å². The third-order valence-electron chi connectivity index (χ3n) is 4.46. The summed E-state index contributed by atoms with van der Waals surface area (Å²) in [6, 6.07) is 6.72. The molecule has 21 heavy (non-hydrogen) atoms. The van der Waals surface area contributed by atoms with E-state index in [9.17, 15) is 0 Å². The van der Waals surface area contributed by atoms with E-state index < -0.39 is 0 Å². The lowest BCUT2D eigenvalue weighted by atomic mass is 9.81. The van der Waals surface area contributed by atoms with Crippen molar-refractivity contribution in [2.45, 2.75) is 53.9 Å². The van der Waals surface area contributed by atoms with Crippen LogP contribution in [0.3, 0.4) is 0 Å². The van der Waals surface area contributed by atoms with Crippen LogP contribution in [0, 0.1) is 27.7 Å². The minimum absolute atomic E-state index is 0.0746. The van der Waals surface area contributed by atoms with Crippen molar-refractivity contribution in [1.29, 1.82) is 0 Å². The quantitative estimate of drug-likeness (QED) is 0.483. The third kappa shape index (κ3) is 2.07. The van der Waals surface area contributed by atoms with Gasteiger partial charge in [0.05, 0.1) is 0 Å². The smallest absolute Gasteiger partial charge is 0.139 e. The molecule has 0 aliphatic heterocycles. The number of furan rings is 1. The summed E-state index contributed by atoms with van der Waals surface area (Å²) in [6.07, 6.45) is 0. The lowest BCUT2D eigenvalue weighted by Gasteiger charge is -2.23. The van der Waals surface area contributed by atoms with Crippen LogP contribution < -0.4 is 0 Å². The molecule has 3 aromatic rings. The highest BCUT2D eigenvalue weighted by Crippen LogP contribution is 2.40. The Morgan fingerprint density at radius 1 is 0.762 bits per heavy atom. The van der Waals surface area contributed by atoms with Gasteiger partial charge in [0.25, 0.3) is 0 Å². The van der Waals surface area contributed by atoms with Crippen LogP contribution in [0.4, 0.5) is 0 Å². The maximum atomic E-state index is 6.33. The monoisotopic (exact) mass is 280 g/mol. The fraction of sp³-hybridized carbons (Fsp3) is 0.400. The zero-order valence-corrected chi connectivity index (χ0v) is 14.1. The largest absolute Gasteiger partial charge is 0.455 e. The lowest BCUT2D eigenvalue weighted by molar-refractivity contribution is 0.568. The Balaban J connectivity index is 2.59. The van der Waals surface area contributed by atoms with Crippen LogP contribution >= 0.6 is 0 Å². The van der Waals surface area contributed by atoms with Gasteiger partial charge in [0.2, 0.25) is 0 Å². The van der Waals surface area contributed by atoms with E-state index in [4.69, 9.17) is 4.42 Å². The zero-order chi connectivity index (χ0) is 15.5. The van der Waals surface area contributed by atoms with Gasteiger partial charge in [-0.2, -0.15) is 0 Å². The highest BCUT2D eigenvalue weighted by molar-refractivity contribution is 6.08. The van der Waals surface area contributed by atoms with Crippen LogP contribution in [0.1, 0.15) is 48.6 Å². The average molecular weight is 280 g/mol. The predicted octanol–water partition coefficient (Wildman–Crippen LogP) is 6.12. The molecule has 0 aliphatic carbocycles. The van der Waals surface area contributed by atoms with E-state index in [1.807, 2.05) is 0 Å². The van der Waals surface area contributed by atoms with E-state index in [0.29, 0.717) is 0 Å². The Labute approximate surface area is 127 Å². The normalized spacial score (nSPS) is 12.5. The molecule has 1 heteroatoms. The molecule has 0 radical (unpaired) electrons. The van der Waals surface area contributed by atoms with Crippen molar-refractivity contribution in [3.05, 3.63) is 46.0 Å². The van der Waals surface area contributed by atoms with Crippen LogP contribution in [0.25, 0.3) is 21.9 Å². The van der Waals surface area contributed by atoms with Crippen molar-refractivity contribution in [3.8, 4) is 0 Å². The summed E-state index contributed by atoms with van der Waals surface area (Å²) in [7, 11) is 0. The number of aryl methyl sites for hydroxylation is 3. The second-order valence-electron chi connectivity index (χ2n) is 7.38. The van der Waals surface area contributed by atoms with Crippen LogP contribution in [-0.4, -0.2) is 0 Å². The van der Waals surface area contributed by atoms with Gasteiger partial charge in [-0.15, -0.1) is 0 Å². The van der Waals surface area contributed by atoms with Gasteiger partial charge in [-0.25, -0.2) is 0 Å². The van der Waals surface area contributed by atoms with Gasteiger partial charge in [-0.3, -0.25) is 0 Å². The van der Waals surface area contributed by atoms with Gasteiger partial charge >= 0.3 is 0 Å². The van der Waals surface area contributed by atoms with Crippen molar-refractivity contribution in [1.82, 2.24) is 0 Å². The highest BCUT2D eigenvalue weighted by atomic mass is 16.3. The molecule has 0 fully saturated rings. The maximum absolute atomic E-state index is 6.33. The first-order valence-corrected chi connectivity index (χ1v) is 7.64. The van der Waals surface area contributed by atoms with Crippen LogP contribution in [0.5, 0.6) is 0 Å². The maximum Gasteiger partial charge on any atom is 0.139 e. The first-order valence-electron chi connectivity index (χ1n) is 7.64. The first-order chi connectivity index (χ1) is 9.70. The van der Waals surface area contributed by atoms with E-state index in [2.05, 4.69) is 66.7 Å². The van der Waals surface area contributed by atoms with Crippen LogP contribution in [-0.2, 0) is 5.41 Å². The average Bonchev–Trinajstić information content (AvgIpc) is 2.67. The molecule has 0 saturated heterocycles. The topological polar surface area (TPSA) is 13.1 Å². The summed E-state index contributed by atoms with van der Waals surface area (Å²) < 4.78 is 6.33. The summed E-state index contributed by atoms with van der Waals surface area (Å²) in [6.45, 7) is 15.5. The molecule has 0 aliphatic rings. The van der Waals surface area contributed by atoms with Gasteiger partial charge in [-0.05, 0) is 67.5 Å². The minimum Gasteiger partial charge on any atom is -0.455 e.